The molecule has 0 aliphatic heterocycles. The Balaban J connectivity index is 4.27. The first kappa shape index (κ1) is 52.3. The van der Waals surface area contributed by atoms with Crippen molar-refractivity contribution in [1.82, 2.24) is 0 Å². The van der Waals surface area contributed by atoms with E-state index in [4.69, 9.17) is 14.2 Å². The van der Waals surface area contributed by atoms with Crippen LogP contribution in [0.25, 0.3) is 0 Å². The molecule has 0 amide bonds. The molecule has 0 fully saturated rings. The first-order chi connectivity index (χ1) is 26.6. The van der Waals surface area contributed by atoms with Crippen LogP contribution < -0.4 is 5.11 Å². The van der Waals surface area contributed by atoms with Crippen LogP contribution >= 0.6 is 0 Å². The molecule has 55 heavy (non-hydrogen) atoms. The van der Waals surface area contributed by atoms with Gasteiger partial charge in [0.05, 0.1) is 40.3 Å². The van der Waals surface area contributed by atoms with Crippen molar-refractivity contribution in [2.45, 2.75) is 193 Å². The molecule has 8 heteroatoms. The van der Waals surface area contributed by atoms with E-state index in [0.717, 1.165) is 77.0 Å². The van der Waals surface area contributed by atoms with Gasteiger partial charge in [0.25, 0.3) is 0 Å². The molecule has 0 radical (unpaired) electrons. The first-order valence-corrected chi connectivity index (χ1v) is 22.2. The van der Waals surface area contributed by atoms with Crippen LogP contribution in [0.2, 0.25) is 0 Å². The fourth-order valence-corrected chi connectivity index (χ4v) is 6.24. The van der Waals surface area contributed by atoms with E-state index in [0.29, 0.717) is 12.8 Å². The van der Waals surface area contributed by atoms with E-state index in [9.17, 15) is 19.5 Å². The molecule has 0 aliphatic carbocycles. The highest BCUT2D eigenvalue weighted by atomic mass is 16.6. The Labute approximate surface area is 337 Å². The molecular formula is C47H83NO7. The molecule has 0 saturated heterocycles. The van der Waals surface area contributed by atoms with Gasteiger partial charge in [-0.05, 0) is 64.2 Å². The summed E-state index contributed by atoms with van der Waals surface area (Å²) in [7, 11) is 5.40. The Kier molecular flexibility index (Phi) is 36.3. The molecule has 2 unspecified atom stereocenters. The smallest absolute Gasteiger partial charge is 0.306 e. The number of hydrogen-bond acceptors (Lipinski definition) is 7. The molecule has 0 N–H and O–H groups in total. The van der Waals surface area contributed by atoms with E-state index in [1.807, 2.05) is 0 Å². The van der Waals surface area contributed by atoms with Gasteiger partial charge in [-0.15, -0.1) is 0 Å². The number of ether oxygens (including phenoxy) is 3. The molecule has 0 spiro atoms. The van der Waals surface area contributed by atoms with Crippen LogP contribution in [0.3, 0.4) is 0 Å². The maximum Gasteiger partial charge on any atom is 0.306 e. The topological polar surface area (TPSA) is 102 Å². The number of nitrogens with zero attached hydrogens (tertiary/aromatic N) is 1. The quantitative estimate of drug-likeness (QED) is 0.0265. The monoisotopic (exact) mass is 774 g/mol. The number of esters is 2. The Morgan fingerprint density at radius 2 is 1.02 bits per heavy atom. The maximum atomic E-state index is 12.7. The lowest BCUT2D eigenvalue weighted by Crippen LogP contribution is -2.55. The fourth-order valence-electron chi connectivity index (χ4n) is 6.24. The van der Waals surface area contributed by atoms with Crippen molar-refractivity contribution in [2.24, 2.45) is 0 Å². The van der Waals surface area contributed by atoms with Crippen LogP contribution in [0.5, 0.6) is 0 Å². The van der Waals surface area contributed by atoms with E-state index in [1.165, 1.54) is 70.6 Å². The van der Waals surface area contributed by atoms with Crippen molar-refractivity contribution in [3.63, 3.8) is 0 Å². The number of aliphatic carboxylic acids is 1. The summed E-state index contributed by atoms with van der Waals surface area (Å²) in [6.07, 6.45) is 44.2. The molecule has 8 nitrogen and oxygen atoms in total. The van der Waals surface area contributed by atoms with Crippen LogP contribution in [0, 0.1) is 0 Å². The van der Waals surface area contributed by atoms with E-state index in [1.54, 1.807) is 21.1 Å². The van der Waals surface area contributed by atoms with Gasteiger partial charge in [0.1, 0.15) is 12.6 Å². The highest BCUT2D eigenvalue weighted by molar-refractivity contribution is 5.70. The SMILES string of the molecule is CC/C=C/C/C=C/C/C=C/CCCCCCCCCCCCC(=O)OCC(COCCC(C(=O)[O-])[N+](C)(C)C)OC(=O)CCCCCCC/C=C/CCCC. The van der Waals surface area contributed by atoms with Gasteiger partial charge in [-0.25, -0.2) is 0 Å². The van der Waals surface area contributed by atoms with Crippen LogP contribution in [0.1, 0.15) is 181 Å². The number of rotatable bonds is 39. The second kappa shape index (κ2) is 38.2. The number of carbonyl (C=O) groups is 3. The Morgan fingerprint density at radius 3 is 1.53 bits per heavy atom. The largest absolute Gasteiger partial charge is 0.544 e. The average molecular weight is 774 g/mol. The number of likely N-dealkylation sites (N-methyl/N-ethyl adjacent to an activating group) is 1. The lowest BCUT2D eigenvalue weighted by molar-refractivity contribution is -0.889. The molecule has 0 aromatic carbocycles. The summed E-state index contributed by atoms with van der Waals surface area (Å²) in [6.45, 7) is 4.50. The fraction of sp³-hybridized carbons (Fsp3) is 0.766. The minimum absolute atomic E-state index is 0.0359. The molecule has 0 heterocycles. The lowest BCUT2D eigenvalue weighted by atomic mass is 10.1. The lowest BCUT2D eigenvalue weighted by Gasteiger charge is -2.34. The molecule has 318 valence electrons. The molecule has 0 bridgehead atoms. The number of quaternary nitrogens is 1. The molecule has 0 rings (SSSR count). The van der Waals surface area contributed by atoms with Crippen molar-refractivity contribution >= 4 is 17.9 Å². The predicted molar refractivity (Wildman–Crippen MR) is 226 cm³/mol. The third-order valence-electron chi connectivity index (χ3n) is 9.70. The van der Waals surface area contributed by atoms with Gasteiger partial charge < -0.3 is 28.6 Å². The van der Waals surface area contributed by atoms with Crippen LogP contribution in [0.4, 0.5) is 0 Å². The minimum atomic E-state index is -1.13. The normalized spacial score (nSPS) is 13.4. The summed E-state index contributed by atoms with van der Waals surface area (Å²) in [5, 5.41) is 11.6. The molecular weight excluding hydrogens is 691 g/mol. The average Bonchev–Trinajstić information content (AvgIpc) is 3.14. The number of hydrogen-bond donors (Lipinski definition) is 0. The first-order valence-electron chi connectivity index (χ1n) is 22.2. The van der Waals surface area contributed by atoms with Crippen molar-refractivity contribution in [1.29, 1.82) is 0 Å². The van der Waals surface area contributed by atoms with Gasteiger partial charge in [-0.1, -0.05) is 146 Å². The molecule has 0 saturated carbocycles. The second-order valence-corrected chi connectivity index (χ2v) is 15.9. The zero-order valence-corrected chi connectivity index (χ0v) is 36.1. The van der Waals surface area contributed by atoms with Gasteiger partial charge in [0, 0.05) is 19.3 Å². The van der Waals surface area contributed by atoms with E-state index in [2.05, 4.69) is 62.5 Å². The summed E-state index contributed by atoms with van der Waals surface area (Å²) >= 11 is 0. The van der Waals surface area contributed by atoms with E-state index >= 15 is 0 Å². The number of carboxylic acids is 1. The van der Waals surface area contributed by atoms with Crippen molar-refractivity contribution < 1.29 is 38.2 Å². The number of carboxylic acid groups (broad SMARTS) is 1. The van der Waals surface area contributed by atoms with Gasteiger partial charge in [-0.2, -0.15) is 0 Å². The zero-order chi connectivity index (χ0) is 40.7. The number of allylic oxidation sites excluding steroid dienone is 8. The highest BCUT2D eigenvalue weighted by Gasteiger charge is 2.25. The number of carbonyl (C=O) groups excluding carboxylic acids is 3. The zero-order valence-electron chi connectivity index (χ0n) is 36.1. The van der Waals surface area contributed by atoms with Gasteiger partial charge in [0.15, 0.2) is 6.10 Å². The van der Waals surface area contributed by atoms with E-state index < -0.39 is 18.1 Å². The third kappa shape index (κ3) is 36.7. The van der Waals surface area contributed by atoms with Crippen molar-refractivity contribution in [3.05, 3.63) is 48.6 Å². The van der Waals surface area contributed by atoms with Gasteiger partial charge >= 0.3 is 11.9 Å². The third-order valence-corrected chi connectivity index (χ3v) is 9.70. The Bertz CT molecular complexity index is 1040. The standard InChI is InChI=1S/C47H83NO7/c1-6-8-10-12-14-16-18-19-20-21-22-23-24-25-26-28-29-31-33-35-37-45(49)54-42-43(41-53-40-39-44(47(51)52)48(3,4)5)55-46(50)38-36-34-32-30-27-17-15-13-11-9-7-2/h8,10,13-16,19-20,43-44H,6-7,9,11-12,17-18,21-42H2,1-5H3/b10-8+,15-13+,16-14+,20-19+. The molecule has 0 aliphatic rings. The van der Waals surface area contributed by atoms with Crippen LogP contribution in [-0.2, 0) is 28.6 Å². The van der Waals surface area contributed by atoms with Gasteiger partial charge in [0.2, 0.25) is 0 Å². The molecule has 0 aromatic rings. The Morgan fingerprint density at radius 1 is 0.564 bits per heavy atom. The minimum Gasteiger partial charge on any atom is -0.544 e. The van der Waals surface area contributed by atoms with Crippen molar-refractivity contribution in [3.8, 4) is 0 Å². The summed E-state index contributed by atoms with van der Waals surface area (Å²) in [5.41, 5.74) is 0. The molecule has 2 atom stereocenters. The summed E-state index contributed by atoms with van der Waals surface area (Å²) < 4.78 is 17.1. The number of unbranched alkanes of at least 4 members (excludes halogenated alkanes) is 17. The van der Waals surface area contributed by atoms with Crippen molar-refractivity contribution in [2.75, 3.05) is 41.0 Å². The highest BCUT2D eigenvalue weighted by Crippen LogP contribution is 2.14. The van der Waals surface area contributed by atoms with E-state index in [-0.39, 0.29) is 42.7 Å². The second-order valence-electron chi connectivity index (χ2n) is 15.9. The summed E-state index contributed by atoms with van der Waals surface area (Å²) in [4.78, 5) is 36.8. The molecule has 0 aromatic heterocycles. The van der Waals surface area contributed by atoms with Crippen LogP contribution in [0.15, 0.2) is 48.6 Å². The maximum absolute atomic E-state index is 12.7. The summed E-state index contributed by atoms with van der Waals surface area (Å²) in [6, 6.07) is -0.727. The van der Waals surface area contributed by atoms with Gasteiger partial charge in [-0.3, -0.25) is 9.59 Å². The van der Waals surface area contributed by atoms with Crippen LogP contribution in [-0.4, -0.2) is 75.5 Å². The predicted octanol–water partition coefficient (Wildman–Crippen LogP) is 10.7. The summed E-state index contributed by atoms with van der Waals surface area (Å²) in [5.74, 6) is -1.75. The Hall–Kier alpha value is -2.71.